The third-order valence-corrected chi connectivity index (χ3v) is 6.42. The molecule has 0 aliphatic carbocycles. The molecule has 4 rings (SSSR count). The molecule has 30 heavy (non-hydrogen) atoms. The van der Waals surface area contributed by atoms with Crippen molar-refractivity contribution < 1.29 is 19.1 Å². The van der Waals surface area contributed by atoms with Gasteiger partial charge in [-0.2, -0.15) is 5.10 Å². The third kappa shape index (κ3) is 3.44. The minimum absolute atomic E-state index is 0.0535. The van der Waals surface area contributed by atoms with Crippen molar-refractivity contribution in [2.75, 3.05) is 27.2 Å². The number of benzene rings is 1. The average molecular weight is 411 g/mol. The van der Waals surface area contributed by atoms with Gasteiger partial charge in [0.2, 0.25) is 11.8 Å². The van der Waals surface area contributed by atoms with E-state index in [1.807, 2.05) is 30.3 Å². The fourth-order valence-corrected chi connectivity index (χ4v) is 4.60. The van der Waals surface area contributed by atoms with Gasteiger partial charge in [-0.05, 0) is 12.8 Å². The Balaban J connectivity index is 1.41. The van der Waals surface area contributed by atoms with Gasteiger partial charge in [0.05, 0.1) is 25.0 Å². The summed E-state index contributed by atoms with van der Waals surface area (Å²) in [5, 5.41) is 7.04. The van der Waals surface area contributed by atoms with Crippen LogP contribution in [0, 0.1) is 5.92 Å². The number of aromatic nitrogens is 3. The zero-order valence-corrected chi connectivity index (χ0v) is 17.1. The van der Waals surface area contributed by atoms with Crippen LogP contribution in [-0.2, 0) is 25.5 Å². The first-order valence-electron chi connectivity index (χ1n) is 10.0. The van der Waals surface area contributed by atoms with Crippen LogP contribution in [-0.4, -0.2) is 75.6 Å². The van der Waals surface area contributed by atoms with E-state index in [0.717, 1.165) is 5.56 Å². The number of likely N-dealkylation sites (tertiary alicyclic amines) is 2. The number of piperidine rings is 1. The number of carbonyl (C=O) groups is 3. The SMILES string of the molecule is COC(=O)C1CC(=O)N(C)C12CCN(C(=O)Cc1nc(-c3ccccc3)n[nH]1)CC2. The number of H-pyrrole nitrogens is 1. The highest BCUT2D eigenvalue weighted by Gasteiger charge is 2.55. The topological polar surface area (TPSA) is 108 Å². The standard InChI is InChI=1S/C21H25N5O4/c1-25-17(27)12-15(20(29)30-2)21(25)8-10-26(11-9-21)18(28)13-16-22-19(24-23-16)14-6-4-3-5-7-14/h3-7,15H,8-13H2,1-2H3,(H,22,23,24). The molecule has 3 heterocycles. The summed E-state index contributed by atoms with van der Waals surface area (Å²) in [6, 6.07) is 9.56. The molecule has 2 aliphatic rings. The number of aromatic amines is 1. The second-order valence-corrected chi connectivity index (χ2v) is 7.87. The van der Waals surface area contributed by atoms with E-state index in [1.54, 1.807) is 16.8 Å². The molecule has 1 atom stereocenters. The van der Waals surface area contributed by atoms with Crippen LogP contribution in [0.2, 0.25) is 0 Å². The quantitative estimate of drug-likeness (QED) is 0.753. The molecule has 2 aromatic rings. The van der Waals surface area contributed by atoms with E-state index in [4.69, 9.17) is 4.74 Å². The highest BCUT2D eigenvalue weighted by Crippen LogP contribution is 2.43. The largest absolute Gasteiger partial charge is 0.469 e. The second kappa shape index (κ2) is 7.89. The van der Waals surface area contributed by atoms with Gasteiger partial charge in [0.1, 0.15) is 5.82 Å². The van der Waals surface area contributed by atoms with Gasteiger partial charge < -0.3 is 14.5 Å². The molecule has 2 amide bonds. The Bertz CT molecular complexity index is 949. The minimum atomic E-state index is -0.576. The lowest BCUT2D eigenvalue weighted by molar-refractivity contribution is -0.150. The van der Waals surface area contributed by atoms with Crippen LogP contribution in [0.4, 0.5) is 0 Å². The van der Waals surface area contributed by atoms with Crippen LogP contribution >= 0.6 is 0 Å². The molecule has 1 aromatic heterocycles. The predicted octanol–water partition coefficient (Wildman–Crippen LogP) is 1.03. The van der Waals surface area contributed by atoms with E-state index in [9.17, 15) is 14.4 Å². The zero-order chi connectivity index (χ0) is 21.3. The number of rotatable bonds is 4. The Kier molecular flexibility index (Phi) is 5.27. The first-order valence-corrected chi connectivity index (χ1v) is 10.0. The van der Waals surface area contributed by atoms with Crippen LogP contribution in [0.3, 0.4) is 0 Å². The van der Waals surface area contributed by atoms with Gasteiger partial charge in [-0.1, -0.05) is 30.3 Å². The number of methoxy groups -OCH3 is 1. The predicted molar refractivity (Wildman–Crippen MR) is 107 cm³/mol. The van der Waals surface area contributed by atoms with Crippen molar-refractivity contribution in [2.45, 2.75) is 31.2 Å². The maximum absolute atomic E-state index is 12.8. The molecule has 2 saturated heterocycles. The molecule has 2 fully saturated rings. The number of hydrogen-bond acceptors (Lipinski definition) is 6. The lowest BCUT2D eigenvalue weighted by Crippen LogP contribution is -2.57. The smallest absolute Gasteiger partial charge is 0.311 e. The number of ether oxygens (including phenoxy) is 1. The number of hydrogen-bond donors (Lipinski definition) is 1. The van der Waals surface area contributed by atoms with Crippen LogP contribution in [0.15, 0.2) is 30.3 Å². The van der Waals surface area contributed by atoms with E-state index < -0.39 is 11.5 Å². The monoisotopic (exact) mass is 411 g/mol. The van der Waals surface area contributed by atoms with Crippen LogP contribution in [0.1, 0.15) is 25.1 Å². The van der Waals surface area contributed by atoms with Gasteiger partial charge >= 0.3 is 5.97 Å². The summed E-state index contributed by atoms with van der Waals surface area (Å²) in [5.41, 5.74) is 0.309. The number of nitrogens with zero attached hydrogens (tertiary/aromatic N) is 4. The molecule has 0 bridgehead atoms. The Morgan fingerprint density at radius 3 is 2.60 bits per heavy atom. The van der Waals surface area contributed by atoms with Crippen molar-refractivity contribution >= 4 is 17.8 Å². The molecule has 9 nitrogen and oxygen atoms in total. The van der Waals surface area contributed by atoms with E-state index in [-0.39, 0.29) is 30.6 Å². The second-order valence-electron chi connectivity index (χ2n) is 7.87. The Labute approximate surface area is 174 Å². The number of carbonyl (C=O) groups excluding carboxylic acids is 3. The molecule has 1 spiro atoms. The molecular weight excluding hydrogens is 386 g/mol. The normalized spacial score (nSPS) is 20.6. The summed E-state index contributed by atoms with van der Waals surface area (Å²) < 4.78 is 4.93. The molecule has 1 aromatic carbocycles. The number of esters is 1. The van der Waals surface area contributed by atoms with Crippen molar-refractivity contribution in [3.63, 3.8) is 0 Å². The van der Waals surface area contributed by atoms with E-state index in [2.05, 4.69) is 15.2 Å². The highest BCUT2D eigenvalue weighted by atomic mass is 16.5. The summed E-state index contributed by atoms with van der Waals surface area (Å²) in [7, 11) is 3.08. The Morgan fingerprint density at radius 2 is 1.93 bits per heavy atom. The highest BCUT2D eigenvalue weighted by molar-refractivity contribution is 5.89. The Morgan fingerprint density at radius 1 is 1.23 bits per heavy atom. The molecule has 1 unspecified atom stereocenters. The fourth-order valence-electron chi connectivity index (χ4n) is 4.60. The summed E-state index contributed by atoms with van der Waals surface area (Å²) in [6.07, 6.45) is 1.39. The minimum Gasteiger partial charge on any atom is -0.469 e. The van der Waals surface area contributed by atoms with Gasteiger partial charge in [-0.25, -0.2) is 4.98 Å². The summed E-state index contributed by atoms with van der Waals surface area (Å²) in [5.74, 6) is 0.118. The Hall–Kier alpha value is -3.23. The molecule has 2 aliphatic heterocycles. The van der Waals surface area contributed by atoms with Gasteiger partial charge in [0, 0.05) is 32.1 Å². The summed E-state index contributed by atoms with van der Waals surface area (Å²) in [6.45, 7) is 0.952. The van der Waals surface area contributed by atoms with Crippen molar-refractivity contribution in [1.82, 2.24) is 25.0 Å². The van der Waals surface area contributed by atoms with Crippen molar-refractivity contribution in [2.24, 2.45) is 5.92 Å². The van der Waals surface area contributed by atoms with Crippen LogP contribution in [0.5, 0.6) is 0 Å². The van der Waals surface area contributed by atoms with Gasteiger partial charge in [0.15, 0.2) is 5.82 Å². The lowest BCUT2D eigenvalue weighted by Gasteiger charge is -2.45. The van der Waals surface area contributed by atoms with Crippen molar-refractivity contribution in [3.05, 3.63) is 36.2 Å². The lowest BCUT2D eigenvalue weighted by atomic mass is 9.77. The number of amides is 2. The first kappa shape index (κ1) is 20.1. The van der Waals surface area contributed by atoms with Crippen LogP contribution < -0.4 is 0 Å². The van der Waals surface area contributed by atoms with Gasteiger partial charge in [0.25, 0.3) is 0 Å². The van der Waals surface area contributed by atoms with E-state index in [1.165, 1.54) is 7.11 Å². The molecule has 9 heteroatoms. The molecule has 0 saturated carbocycles. The zero-order valence-electron chi connectivity index (χ0n) is 17.1. The maximum Gasteiger partial charge on any atom is 0.311 e. The van der Waals surface area contributed by atoms with Gasteiger partial charge in [-0.3, -0.25) is 19.5 Å². The van der Waals surface area contributed by atoms with Crippen LogP contribution in [0.25, 0.3) is 11.4 Å². The first-order chi connectivity index (χ1) is 14.4. The van der Waals surface area contributed by atoms with Gasteiger partial charge in [-0.15, -0.1) is 0 Å². The maximum atomic E-state index is 12.8. The average Bonchev–Trinajstić information content (AvgIpc) is 3.33. The molecule has 0 radical (unpaired) electrons. The molecule has 1 N–H and O–H groups in total. The summed E-state index contributed by atoms with van der Waals surface area (Å²) >= 11 is 0. The van der Waals surface area contributed by atoms with Crippen molar-refractivity contribution in [1.29, 1.82) is 0 Å². The summed E-state index contributed by atoms with van der Waals surface area (Å²) in [4.78, 5) is 45.2. The number of nitrogens with one attached hydrogen (secondary N) is 1. The van der Waals surface area contributed by atoms with Crippen molar-refractivity contribution in [3.8, 4) is 11.4 Å². The van der Waals surface area contributed by atoms with E-state index in [0.29, 0.717) is 37.6 Å². The fraction of sp³-hybridized carbons (Fsp3) is 0.476. The third-order valence-electron chi connectivity index (χ3n) is 6.42. The molecule has 158 valence electrons. The van der Waals surface area contributed by atoms with E-state index >= 15 is 0 Å². The molecular formula is C21H25N5O4.